The van der Waals surface area contributed by atoms with Crippen molar-refractivity contribution in [2.45, 2.75) is 46.3 Å². The number of ether oxygens (including phenoxy) is 2. The molecular formula is C24H25F2NO3. The molecule has 30 heavy (non-hydrogen) atoms. The Bertz CT molecular complexity index is 1100. The smallest absolute Gasteiger partial charge is 0.315 e. The molecule has 0 spiro atoms. The van der Waals surface area contributed by atoms with Gasteiger partial charge in [-0.3, -0.25) is 4.79 Å². The molecule has 2 aliphatic heterocycles. The Labute approximate surface area is 174 Å². The lowest BCUT2D eigenvalue weighted by Crippen LogP contribution is -2.39. The lowest BCUT2D eigenvalue weighted by molar-refractivity contribution is -0.156. The number of carbonyl (C=O) groups is 1. The number of carbonyl (C=O) groups excluding carboxylic acids is 1. The minimum absolute atomic E-state index is 0.0587. The van der Waals surface area contributed by atoms with Gasteiger partial charge >= 0.3 is 5.97 Å². The van der Waals surface area contributed by atoms with Gasteiger partial charge < -0.3 is 14.8 Å². The topological polar surface area (TPSA) is 47.6 Å². The Balaban J connectivity index is 2.07. The molecule has 0 bridgehead atoms. The van der Waals surface area contributed by atoms with Crippen molar-refractivity contribution < 1.29 is 23.0 Å². The molecular weight excluding hydrogens is 388 g/mol. The monoisotopic (exact) mass is 413 g/mol. The highest BCUT2D eigenvalue weighted by Gasteiger charge is 2.47. The Kier molecular flexibility index (Phi) is 4.46. The lowest BCUT2D eigenvalue weighted by atomic mass is 9.74. The molecule has 4 nitrogen and oxygen atoms in total. The van der Waals surface area contributed by atoms with Crippen LogP contribution < -0.4 is 10.1 Å². The van der Waals surface area contributed by atoms with Crippen LogP contribution in [0.3, 0.4) is 0 Å². The minimum atomic E-state index is -1.12. The summed E-state index contributed by atoms with van der Waals surface area (Å²) < 4.78 is 39.9. The molecule has 2 aromatic carbocycles. The fourth-order valence-corrected chi connectivity index (χ4v) is 4.59. The first-order valence-corrected chi connectivity index (χ1v) is 9.85. The van der Waals surface area contributed by atoms with Crippen LogP contribution in [0.1, 0.15) is 51.8 Å². The predicted octanol–water partition coefficient (Wildman–Crippen LogP) is 5.87. The highest BCUT2D eigenvalue weighted by atomic mass is 19.1. The first-order chi connectivity index (χ1) is 14.0. The molecule has 1 atom stereocenters. The third-order valence-electron chi connectivity index (χ3n) is 5.84. The van der Waals surface area contributed by atoms with Gasteiger partial charge in [0.25, 0.3) is 0 Å². The van der Waals surface area contributed by atoms with Gasteiger partial charge in [0.15, 0.2) is 11.6 Å². The number of fused-ring (bicyclic) bond motifs is 5. The van der Waals surface area contributed by atoms with Gasteiger partial charge in [-0.15, -0.1) is 0 Å². The number of benzene rings is 2. The molecule has 0 fully saturated rings. The minimum Gasteiger partial charge on any atom is -0.481 e. The van der Waals surface area contributed by atoms with Crippen molar-refractivity contribution >= 4 is 17.2 Å². The zero-order valence-electron chi connectivity index (χ0n) is 17.9. The zero-order valence-corrected chi connectivity index (χ0v) is 17.9. The first kappa shape index (κ1) is 20.4. The summed E-state index contributed by atoms with van der Waals surface area (Å²) in [7, 11) is 1.31. The van der Waals surface area contributed by atoms with E-state index in [1.54, 1.807) is 13.8 Å². The molecule has 2 aliphatic rings. The van der Waals surface area contributed by atoms with E-state index in [1.165, 1.54) is 13.2 Å². The molecule has 158 valence electrons. The molecule has 0 amide bonds. The standard InChI is InChI=1S/C24H25F2NO3/c1-12-11-23(2,3)27-17-8-7-14-15-9-13(25)10-16(26)20(15)30-21(19(14)18(12)17)24(4,5)22(28)29-6/h7-11,21,27H,1-6H3. The number of hydrogen-bond donors (Lipinski definition) is 1. The summed E-state index contributed by atoms with van der Waals surface area (Å²) in [6.07, 6.45) is 1.27. The van der Waals surface area contributed by atoms with Gasteiger partial charge in [0, 0.05) is 28.4 Å². The molecule has 4 rings (SSSR count). The summed E-state index contributed by atoms with van der Waals surface area (Å²) in [5, 5.41) is 3.48. The van der Waals surface area contributed by atoms with Gasteiger partial charge in [-0.25, -0.2) is 8.78 Å². The maximum absolute atomic E-state index is 14.7. The summed E-state index contributed by atoms with van der Waals surface area (Å²) in [5.74, 6) is -2.02. The fraction of sp³-hybridized carbons (Fsp3) is 0.375. The van der Waals surface area contributed by atoms with E-state index in [0.29, 0.717) is 11.1 Å². The van der Waals surface area contributed by atoms with Crippen molar-refractivity contribution in [3.8, 4) is 16.9 Å². The van der Waals surface area contributed by atoms with Gasteiger partial charge in [0.05, 0.1) is 12.6 Å². The first-order valence-electron chi connectivity index (χ1n) is 9.85. The largest absolute Gasteiger partial charge is 0.481 e. The van der Waals surface area contributed by atoms with E-state index in [2.05, 4.69) is 25.2 Å². The molecule has 0 saturated heterocycles. The second-order valence-electron chi connectivity index (χ2n) is 9.10. The molecule has 0 radical (unpaired) electrons. The zero-order chi connectivity index (χ0) is 22.0. The Morgan fingerprint density at radius 2 is 1.90 bits per heavy atom. The molecule has 1 unspecified atom stereocenters. The molecule has 2 heterocycles. The van der Waals surface area contributed by atoms with Crippen molar-refractivity contribution in [2.24, 2.45) is 5.41 Å². The number of halogens is 2. The van der Waals surface area contributed by atoms with Crippen LogP contribution in [0.15, 0.2) is 30.3 Å². The van der Waals surface area contributed by atoms with Crippen LogP contribution in [0.4, 0.5) is 14.5 Å². The molecule has 2 aromatic rings. The van der Waals surface area contributed by atoms with Gasteiger partial charge in [-0.1, -0.05) is 12.1 Å². The molecule has 1 N–H and O–H groups in total. The number of esters is 1. The van der Waals surface area contributed by atoms with Crippen LogP contribution in [0.5, 0.6) is 5.75 Å². The van der Waals surface area contributed by atoms with E-state index in [4.69, 9.17) is 9.47 Å². The second-order valence-corrected chi connectivity index (χ2v) is 9.10. The fourth-order valence-electron chi connectivity index (χ4n) is 4.59. The predicted molar refractivity (Wildman–Crippen MR) is 112 cm³/mol. The van der Waals surface area contributed by atoms with E-state index < -0.39 is 29.1 Å². The van der Waals surface area contributed by atoms with E-state index in [0.717, 1.165) is 28.5 Å². The van der Waals surface area contributed by atoms with E-state index in [-0.39, 0.29) is 11.3 Å². The normalized spacial score (nSPS) is 18.8. The molecule has 0 aromatic heterocycles. The summed E-state index contributed by atoms with van der Waals surface area (Å²) in [5.41, 5.74) is 3.08. The number of anilines is 1. The number of methoxy groups -OCH3 is 1. The molecule has 0 aliphatic carbocycles. The average molecular weight is 413 g/mol. The second kappa shape index (κ2) is 6.56. The van der Waals surface area contributed by atoms with Crippen molar-refractivity contribution in [2.75, 3.05) is 12.4 Å². The molecule has 0 saturated carbocycles. The van der Waals surface area contributed by atoms with Crippen molar-refractivity contribution in [3.05, 3.63) is 53.1 Å². The van der Waals surface area contributed by atoms with E-state index in [9.17, 15) is 13.6 Å². The number of rotatable bonds is 2. The lowest BCUT2D eigenvalue weighted by Gasteiger charge is -2.41. The Morgan fingerprint density at radius 1 is 1.20 bits per heavy atom. The van der Waals surface area contributed by atoms with Crippen LogP contribution >= 0.6 is 0 Å². The van der Waals surface area contributed by atoms with Crippen molar-refractivity contribution in [1.82, 2.24) is 0 Å². The highest BCUT2D eigenvalue weighted by Crippen LogP contribution is 2.54. The van der Waals surface area contributed by atoms with Crippen LogP contribution in [-0.4, -0.2) is 18.6 Å². The van der Waals surface area contributed by atoms with Crippen molar-refractivity contribution in [3.63, 3.8) is 0 Å². The third-order valence-corrected chi connectivity index (χ3v) is 5.84. The average Bonchev–Trinajstić information content (AvgIpc) is 2.64. The SMILES string of the molecule is COC(=O)C(C)(C)C1Oc2c(F)cc(F)cc2-c2ccc3c(c21)C(C)=CC(C)(C)N3. The van der Waals surface area contributed by atoms with E-state index >= 15 is 0 Å². The quantitative estimate of drug-likeness (QED) is 0.626. The Morgan fingerprint density at radius 3 is 2.57 bits per heavy atom. The third kappa shape index (κ3) is 2.97. The maximum Gasteiger partial charge on any atom is 0.315 e. The van der Waals surface area contributed by atoms with Crippen LogP contribution in [0.25, 0.3) is 16.7 Å². The van der Waals surface area contributed by atoms with Gasteiger partial charge in [-0.2, -0.15) is 0 Å². The van der Waals surface area contributed by atoms with Crippen LogP contribution in [-0.2, 0) is 9.53 Å². The van der Waals surface area contributed by atoms with Gasteiger partial charge in [0.2, 0.25) is 0 Å². The summed E-state index contributed by atoms with van der Waals surface area (Å²) in [4.78, 5) is 12.7. The summed E-state index contributed by atoms with van der Waals surface area (Å²) >= 11 is 0. The summed E-state index contributed by atoms with van der Waals surface area (Å²) in [6.45, 7) is 9.53. The number of allylic oxidation sites excluding steroid dienone is 1. The number of nitrogens with one attached hydrogen (secondary N) is 1. The number of hydrogen-bond acceptors (Lipinski definition) is 4. The maximum atomic E-state index is 14.7. The summed E-state index contributed by atoms with van der Waals surface area (Å²) in [6, 6.07) is 5.80. The van der Waals surface area contributed by atoms with Gasteiger partial charge in [-0.05, 0) is 57.9 Å². The van der Waals surface area contributed by atoms with Crippen LogP contribution in [0.2, 0.25) is 0 Å². The Hall–Kier alpha value is -2.89. The van der Waals surface area contributed by atoms with Crippen molar-refractivity contribution in [1.29, 1.82) is 0 Å². The van der Waals surface area contributed by atoms with Crippen LogP contribution in [0, 0.1) is 17.0 Å². The molecule has 6 heteroatoms. The van der Waals surface area contributed by atoms with E-state index in [1.807, 2.05) is 19.1 Å². The highest BCUT2D eigenvalue weighted by molar-refractivity contribution is 5.91. The van der Waals surface area contributed by atoms with Gasteiger partial charge in [0.1, 0.15) is 17.3 Å².